The van der Waals surface area contributed by atoms with Gasteiger partial charge in [-0.15, -0.1) is 0 Å². The smallest absolute Gasteiger partial charge is 0.244 e. The third-order valence-corrected chi connectivity index (χ3v) is 7.39. The van der Waals surface area contributed by atoms with Gasteiger partial charge in [0.1, 0.15) is 0 Å². The molecule has 33 heavy (non-hydrogen) atoms. The van der Waals surface area contributed by atoms with Crippen molar-refractivity contribution in [2.75, 3.05) is 18.4 Å². The van der Waals surface area contributed by atoms with Crippen molar-refractivity contribution in [2.24, 2.45) is 11.7 Å². The Balaban J connectivity index is 1.28. The first-order valence-electron chi connectivity index (χ1n) is 11.6. The monoisotopic (exact) mass is 464 g/mol. The van der Waals surface area contributed by atoms with Gasteiger partial charge in [0.25, 0.3) is 0 Å². The average Bonchev–Trinajstić information content (AvgIpc) is 3.48. The molecule has 0 radical (unpaired) electrons. The molecule has 8 heteroatoms. The molecule has 7 nitrogen and oxygen atoms in total. The average molecular weight is 465 g/mol. The van der Waals surface area contributed by atoms with Gasteiger partial charge in [0, 0.05) is 52.8 Å². The lowest BCUT2D eigenvalue weighted by Gasteiger charge is -2.35. The number of hydrogen-bond acceptors (Lipinski definition) is 5. The number of nitrogens with zero attached hydrogens (tertiary/aromatic N) is 3. The number of nitrogens with one attached hydrogen (secondary N) is 2. The highest BCUT2D eigenvalue weighted by Gasteiger charge is 2.34. The van der Waals surface area contributed by atoms with E-state index in [1.54, 1.807) is 6.20 Å². The number of fused-ring (bicyclic) bond motifs is 1. The van der Waals surface area contributed by atoms with Gasteiger partial charge in [-0.1, -0.05) is 36.4 Å². The van der Waals surface area contributed by atoms with Gasteiger partial charge in [-0.2, -0.15) is 0 Å². The van der Waals surface area contributed by atoms with Crippen LogP contribution in [0, 0.1) is 5.92 Å². The summed E-state index contributed by atoms with van der Waals surface area (Å²) in [6.45, 7) is 5.74. The lowest BCUT2D eigenvalue weighted by Crippen LogP contribution is -2.41. The molecule has 1 aliphatic heterocycles. The second kappa shape index (κ2) is 9.15. The molecule has 3 atom stereocenters. The summed E-state index contributed by atoms with van der Waals surface area (Å²) in [7, 11) is 0. The van der Waals surface area contributed by atoms with Crippen molar-refractivity contribution in [3.63, 3.8) is 0 Å². The minimum Gasteiger partial charge on any atom is -0.366 e. The van der Waals surface area contributed by atoms with E-state index < -0.39 is 0 Å². The first kappa shape index (κ1) is 21.9. The highest BCUT2D eigenvalue weighted by atomic mass is 35.5. The molecule has 1 amide bonds. The topological polar surface area (TPSA) is 99.9 Å². The molecule has 2 aliphatic rings. The molecule has 172 valence electrons. The van der Waals surface area contributed by atoms with E-state index in [0.717, 1.165) is 67.4 Å². The van der Waals surface area contributed by atoms with Crippen LogP contribution in [0.4, 0.5) is 5.95 Å². The number of aromatic amines is 1. The van der Waals surface area contributed by atoms with Gasteiger partial charge in [-0.05, 0) is 44.7 Å². The van der Waals surface area contributed by atoms with Gasteiger partial charge in [0.15, 0.2) is 0 Å². The lowest BCUT2D eigenvalue weighted by molar-refractivity contribution is -0.115. The molecule has 0 unspecified atom stereocenters. The SMILES string of the molecule is C=C(C(N)=O)[C@@H]1CCN([C@H]2CCC[C@@H](Nc3ncc(Cl)c(-c4c[nH]c5ccccc45)n3)C2)C1. The number of primary amides is 1. The van der Waals surface area contributed by atoms with Crippen molar-refractivity contribution in [3.05, 3.63) is 53.8 Å². The Bertz CT molecular complexity index is 1190. The third kappa shape index (κ3) is 4.48. The first-order valence-corrected chi connectivity index (χ1v) is 12.0. The maximum absolute atomic E-state index is 11.5. The number of halogens is 1. The highest BCUT2D eigenvalue weighted by molar-refractivity contribution is 6.33. The normalized spacial score (nSPS) is 23.6. The molecule has 3 aromatic rings. The Hall–Kier alpha value is -2.90. The van der Waals surface area contributed by atoms with Crippen LogP contribution in [0.1, 0.15) is 32.1 Å². The molecule has 5 rings (SSSR count). The van der Waals surface area contributed by atoms with E-state index in [1.807, 2.05) is 24.4 Å². The van der Waals surface area contributed by atoms with Crippen LogP contribution in [0.25, 0.3) is 22.2 Å². The van der Waals surface area contributed by atoms with E-state index in [4.69, 9.17) is 22.3 Å². The summed E-state index contributed by atoms with van der Waals surface area (Å²) in [6, 6.07) is 8.88. The van der Waals surface area contributed by atoms with Gasteiger partial charge >= 0.3 is 0 Å². The van der Waals surface area contributed by atoms with Gasteiger partial charge < -0.3 is 16.0 Å². The van der Waals surface area contributed by atoms with E-state index in [1.165, 1.54) is 0 Å². The number of hydrogen-bond donors (Lipinski definition) is 3. The zero-order chi connectivity index (χ0) is 22.9. The van der Waals surface area contributed by atoms with E-state index in [-0.39, 0.29) is 11.8 Å². The molecule has 2 fully saturated rings. The Kier molecular flexibility index (Phi) is 6.08. The lowest BCUT2D eigenvalue weighted by atomic mass is 9.90. The van der Waals surface area contributed by atoms with Crippen LogP contribution in [0.2, 0.25) is 5.02 Å². The van der Waals surface area contributed by atoms with E-state index in [0.29, 0.717) is 28.6 Å². The molecule has 1 saturated carbocycles. The number of aromatic nitrogens is 3. The van der Waals surface area contributed by atoms with Crippen molar-refractivity contribution in [2.45, 2.75) is 44.2 Å². The summed E-state index contributed by atoms with van der Waals surface area (Å²) >= 11 is 6.49. The molecular weight excluding hydrogens is 436 g/mol. The van der Waals surface area contributed by atoms with Gasteiger partial charge in [0.05, 0.1) is 16.9 Å². The van der Waals surface area contributed by atoms with Gasteiger partial charge in [0.2, 0.25) is 11.9 Å². The Morgan fingerprint density at radius 1 is 1.27 bits per heavy atom. The second-order valence-corrected chi connectivity index (χ2v) is 9.58. The minimum atomic E-state index is -0.379. The molecule has 0 bridgehead atoms. The zero-order valence-electron chi connectivity index (χ0n) is 18.6. The van der Waals surface area contributed by atoms with Crippen molar-refractivity contribution in [3.8, 4) is 11.3 Å². The number of rotatable bonds is 6. The third-order valence-electron chi connectivity index (χ3n) is 7.11. The van der Waals surface area contributed by atoms with Crippen LogP contribution in [-0.4, -0.2) is 50.9 Å². The number of H-pyrrole nitrogens is 1. The Morgan fingerprint density at radius 3 is 2.97 bits per heavy atom. The summed E-state index contributed by atoms with van der Waals surface area (Å²) in [6.07, 6.45) is 8.97. The van der Waals surface area contributed by atoms with Gasteiger partial charge in [-0.3, -0.25) is 9.69 Å². The van der Waals surface area contributed by atoms with Crippen LogP contribution in [0.5, 0.6) is 0 Å². The van der Waals surface area contributed by atoms with Crippen molar-refractivity contribution in [1.82, 2.24) is 19.9 Å². The summed E-state index contributed by atoms with van der Waals surface area (Å²) in [4.78, 5) is 26.5. The van der Waals surface area contributed by atoms with Crippen LogP contribution >= 0.6 is 11.6 Å². The van der Waals surface area contributed by atoms with Crippen LogP contribution in [0.15, 0.2) is 48.8 Å². The molecule has 1 aromatic carbocycles. The number of para-hydroxylation sites is 1. The fourth-order valence-corrected chi connectivity index (χ4v) is 5.50. The van der Waals surface area contributed by atoms with Crippen LogP contribution in [0.3, 0.4) is 0 Å². The first-order chi connectivity index (χ1) is 16.0. The summed E-state index contributed by atoms with van der Waals surface area (Å²) in [5.41, 5.74) is 8.75. The molecule has 3 heterocycles. The molecule has 1 aliphatic carbocycles. The number of amides is 1. The Morgan fingerprint density at radius 2 is 2.12 bits per heavy atom. The molecule has 1 saturated heterocycles. The molecule has 2 aromatic heterocycles. The van der Waals surface area contributed by atoms with E-state index in [9.17, 15) is 4.79 Å². The predicted octanol–water partition coefficient (Wildman–Crippen LogP) is 4.36. The maximum Gasteiger partial charge on any atom is 0.244 e. The number of likely N-dealkylation sites (tertiary alicyclic amines) is 1. The maximum atomic E-state index is 11.5. The van der Waals surface area contributed by atoms with Crippen molar-refractivity contribution < 1.29 is 4.79 Å². The zero-order valence-corrected chi connectivity index (χ0v) is 19.3. The minimum absolute atomic E-state index is 0.175. The largest absolute Gasteiger partial charge is 0.366 e. The number of nitrogens with two attached hydrogens (primary N) is 1. The van der Waals surface area contributed by atoms with E-state index >= 15 is 0 Å². The molecule has 0 spiro atoms. The van der Waals surface area contributed by atoms with Crippen molar-refractivity contribution >= 4 is 34.4 Å². The fourth-order valence-electron chi connectivity index (χ4n) is 5.31. The highest BCUT2D eigenvalue weighted by Crippen LogP contribution is 2.34. The summed E-state index contributed by atoms with van der Waals surface area (Å²) in [5.74, 6) is 0.400. The second-order valence-electron chi connectivity index (χ2n) is 9.17. The summed E-state index contributed by atoms with van der Waals surface area (Å²) in [5, 5.41) is 5.17. The molecule has 4 N–H and O–H groups in total. The number of anilines is 1. The van der Waals surface area contributed by atoms with E-state index in [2.05, 4.69) is 32.8 Å². The summed E-state index contributed by atoms with van der Waals surface area (Å²) < 4.78 is 0. The van der Waals surface area contributed by atoms with Crippen LogP contribution in [-0.2, 0) is 4.79 Å². The Labute approximate surface area is 198 Å². The van der Waals surface area contributed by atoms with Crippen molar-refractivity contribution in [1.29, 1.82) is 0 Å². The molecular formula is C25H29ClN6O. The predicted molar refractivity (Wildman–Crippen MR) is 132 cm³/mol. The number of carbonyl (C=O) groups excluding carboxylic acids is 1. The quantitative estimate of drug-likeness (QED) is 0.470. The standard InChI is InChI=1S/C25H29ClN6O/c1-15(24(27)33)16-9-10-32(14-16)18-6-4-5-17(11-18)30-25-29-13-21(26)23(31-25)20-12-28-22-8-3-2-7-19(20)22/h2-3,7-8,12-13,16-18,28H,1,4-6,9-11,14H2,(H2,27,33)(H,29,30,31)/t16-,17-,18+/m1/s1. The fraction of sp³-hybridized carbons (Fsp3) is 0.400. The number of carbonyl (C=O) groups is 1. The van der Waals surface area contributed by atoms with Gasteiger partial charge in [-0.25, -0.2) is 9.97 Å². The van der Waals surface area contributed by atoms with Crippen LogP contribution < -0.4 is 11.1 Å². The number of benzene rings is 1.